The van der Waals surface area contributed by atoms with Crippen LogP contribution in [0.15, 0.2) is 41.3 Å². The van der Waals surface area contributed by atoms with Crippen LogP contribution in [0.5, 0.6) is 0 Å². The van der Waals surface area contributed by atoms with Crippen LogP contribution in [0, 0.1) is 10.6 Å². The molecule has 0 atom stereocenters. The molecule has 0 saturated carbocycles. The Labute approximate surface area is 180 Å². The van der Waals surface area contributed by atoms with Crippen molar-refractivity contribution < 1.29 is 14.1 Å². The molecule has 3 amide bonds. The highest BCUT2D eigenvalue weighted by Crippen LogP contribution is 2.33. The molecule has 10 heteroatoms. The molecule has 0 aromatic carbocycles. The summed E-state index contributed by atoms with van der Waals surface area (Å²) < 4.78 is 7.59. The molecule has 3 aromatic heterocycles. The molecule has 1 aliphatic rings. The Hall–Kier alpha value is -2.76. The predicted octanol–water partition coefficient (Wildman–Crippen LogP) is 2.97. The molecule has 1 saturated heterocycles. The Balaban J connectivity index is 1.59. The average molecular weight is 506 g/mol. The van der Waals surface area contributed by atoms with Crippen molar-refractivity contribution >= 4 is 40.2 Å². The van der Waals surface area contributed by atoms with E-state index in [4.69, 9.17) is 4.52 Å². The molecule has 1 fully saturated rings. The number of hydrogen-bond donors (Lipinski definition) is 0. The van der Waals surface area contributed by atoms with Gasteiger partial charge in [0.15, 0.2) is 0 Å². The Morgan fingerprint density at radius 3 is 2.66 bits per heavy atom. The van der Waals surface area contributed by atoms with Crippen LogP contribution in [0.1, 0.15) is 30.9 Å². The lowest BCUT2D eigenvalue weighted by molar-refractivity contribution is -0.123. The number of imide groups is 1. The molecule has 9 nitrogen and oxygen atoms in total. The van der Waals surface area contributed by atoms with E-state index in [0.717, 1.165) is 15.0 Å². The van der Waals surface area contributed by atoms with Gasteiger partial charge in [-0.05, 0) is 55.5 Å². The van der Waals surface area contributed by atoms with Gasteiger partial charge >= 0.3 is 6.03 Å². The number of carbonyl (C=O) groups excluding carboxylic acids is 2. The Bertz CT molecular complexity index is 1060. The number of urea groups is 1. The summed E-state index contributed by atoms with van der Waals surface area (Å²) in [5, 5.41) is 8.24. The average Bonchev–Trinajstić information content (AvgIpc) is 3.32. The monoisotopic (exact) mass is 506 g/mol. The van der Waals surface area contributed by atoms with Crippen molar-refractivity contribution in [2.45, 2.75) is 39.4 Å². The summed E-state index contributed by atoms with van der Waals surface area (Å²) in [5.41, 5.74) is 1.07. The summed E-state index contributed by atoms with van der Waals surface area (Å²) in [4.78, 5) is 33.1. The minimum absolute atomic E-state index is 0.251. The second-order valence-corrected chi connectivity index (χ2v) is 8.32. The van der Waals surface area contributed by atoms with E-state index in [1.165, 1.54) is 16.0 Å². The Morgan fingerprint density at radius 2 is 2.00 bits per heavy atom. The van der Waals surface area contributed by atoms with Gasteiger partial charge in [-0.25, -0.2) is 9.69 Å². The number of nitrogens with zero attached hydrogens (tertiary/aromatic N) is 6. The molecule has 29 heavy (non-hydrogen) atoms. The van der Waals surface area contributed by atoms with E-state index in [1.807, 2.05) is 25.1 Å². The van der Waals surface area contributed by atoms with Gasteiger partial charge in [0.1, 0.15) is 15.0 Å². The third kappa shape index (κ3) is 3.41. The minimum atomic E-state index is -0.989. The van der Waals surface area contributed by atoms with Gasteiger partial charge in [-0.1, -0.05) is 11.2 Å². The SMILES string of the molecule is Cc1onc(I)c1Cn1cc(N2C(=O)N(Cc3ccccn3)C(C)(C)C2=O)cn1. The van der Waals surface area contributed by atoms with Crippen LogP contribution in [0.4, 0.5) is 10.5 Å². The standard InChI is InChI=1S/C19H19IN6O3/c1-12-15(16(20)23-29-12)11-24-10-14(8-22-24)26-17(27)19(2,3)25(18(26)28)9-13-6-4-5-7-21-13/h4-8,10H,9,11H2,1-3H3. The molecule has 0 radical (unpaired) electrons. The van der Waals surface area contributed by atoms with Crippen molar-refractivity contribution in [3.05, 3.63) is 57.5 Å². The first-order valence-corrected chi connectivity index (χ1v) is 10.1. The molecule has 0 N–H and O–H groups in total. The van der Waals surface area contributed by atoms with Gasteiger partial charge in [0.2, 0.25) is 0 Å². The lowest BCUT2D eigenvalue weighted by Gasteiger charge is -2.27. The number of pyridine rings is 1. The number of amides is 3. The molecule has 4 heterocycles. The minimum Gasteiger partial charge on any atom is -0.360 e. The van der Waals surface area contributed by atoms with Gasteiger partial charge in [0.05, 0.1) is 30.7 Å². The molecule has 4 rings (SSSR count). The van der Waals surface area contributed by atoms with Crippen molar-refractivity contribution in [2.75, 3.05) is 4.90 Å². The zero-order chi connectivity index (χ0) is 20.8. The van der Waals surface area contributed by atoms with Crippen LogP contribution >= 0.6 is 22.6 Å². The first kappa shape index (κ1) is 19.6. The topological polar surface area (TPSA) is 97.4 Å². The third-order valence-electron chi connectivity index (χ3n) is 5.00. The van der Waals surface area contributed by atoms with Gasteiger partial charge in [-0.3, -0.25) is 14.5 Å². The van der Waals surface area contributed by atoms with Gasteiger partial charge in [0, 0.05) is 18.0 Å². The smallest absolute Gasteiger partial charge is 0.332 e. The summed E-state index contributed by atoms with van der Waals surface area (Å²) in [6, 6.07) is 5.11. The summed E-state index contributed by atoms with van der Waals surface area (Å²) in [5.74, 6) is 0.413. The fraction of sp³-hybridized carbons (Fsp3) is 0.316. The number of carbonyl (C=O) groups is 2. The number of anilines is 1. The number of halogens is 1. The van der Waals surface area contributed by atoms with E-state index >= 15 is 0 Å². The number of aromatic nitrogens is 4. The molecule has 3 aromatic rings. The molecule has 0 aliphatic carbocycles. The maximum Gasteiger partial charge on any atom is 0.332 e. The molecule has 0 unspecified atom stereocenters. The number of hydrogen-bond acceptors (Lipinski definition) is 6. The molecule has 150 valence electrons. The van der Waals surface area contributed by atoms with E-state index in [-0.39, 0.29) is 18.5 Å². The van der Waals surface area contributed by atoms with E-state index in [1.54, 1.807) is 30.9 Å². The summed E-state index contributed by atoms with van der Waals surface area (Å²) >= 11 is 2.10. The number of rotatable bonds is 5. The van der Waals surface area contributed by atoms with Crippen LogP contribution in [0.3, 0.4) is 0 Å². The molecule has 1 aliphatic heterocycles. The second kappa shape index (κ2) is 7.25. The summed E-state index contributed by atoms with van der Waals surface area (Å²) in [6.45, 7) is 6.00. The van der Waals surface area contributed by atoms with Gasteiger partial charge < -0.3 is 9.42 Å². The first-order valence-electron chi connectivity index (χ1n) is 8.98. The van der Waals surface area contributed by atoms with Crippen molar-refractivity contribution in [1.29, 1.82) is 0 Å². The zero-order valence-electron chi connectivity index (χ0n) is 16.2. The van der Waals surface area contributed by atoms with Gasteiger partial charge in [-0.2, -0.15) is 5.10 Å². The van der Waals surface area contributed by atoms with Gasteiger partial charge in [-0.15, -0.1) is 0 Å². The normalized spacial score (nSPS) is 16.1. The van der Waals surface area contributed by atoms with Crippen LogP contribution in [-0.2, 0) is 17.9 Å². The summed E-state index contributed by atoms with van der Waals surface area (Å²) in [6.07, 6.45) is 4.87. The third-order valence-corrected chi connectivity index (χ3v) is 5.85. The maximum absolute atomic E-state index is 13.1. The lowest BCUT2D eigenvalue weighted by Crippen LogP contribution is -2.43. The molecule has 0 spiro atoms. The zero-order valence-corrected chi connectivity index (χ0v) is 18.3. The van der Waals surface area contributed by atoms with Crippen LogP contribution in [-0.4, -0.2) is 42.3 Å². The highest BCUT2D eigenvalue weighted by Gasteiger charge is 2.52. The highest BCUT2D eigenvalue weighted by molar-refractivity contribution is 14.1. The van der Waals surface area contributed by atoms with E-state index in [9.17, 15) is 9.59 Å². The van der Waals surface area contributed by atoms with Crippen molar-refractivity contribution in [1.82, 2.24) is 24.8 Å². The van der Waals surface area contributed by atoms with Crippen molar-refractivity contribution in [3.63, 3.8) is 0 Å². The van der Waals surface area contributed by atoms with Crippen molar-refractivity contribution in [2.24, 2.45) is 0 Å². The maximum atomic E-state index is 13.1. The Kier molecular flexibility index (Phi) is 4.89. The van der Waals surface area contributed by atoms with Gasteiger partial charge in [0.25, 0.3) is 5.91 Å². The predicted molar refractivity (Wildman–Crippen MR) is 112 cm³/mol. The Morgan fingerprint density at radius 1 is 1.21 bits per heavy atom. The fourth-order valence-electron chi connectivity index (χ4n) is 3.24. The highest BCUT2D eigenvalue weighted by atomic mass is 127. The summed E-state index contributed by atoms with van der Waals surface area (Å²) in [7, 11) is 0. The second-order valence-electron chi connectivity index (χ2n) is 7.29. The van der Waals surface area contributed by atoms with E-state index in [2.05, 4.69) is 37.8 Å². The molecular weight excluding hydrogens is 487 g/mol. The fourth-order valence-corrected chi connectivity index (χ4v) is 3.89. The van der Waals surface area contributed by atoms with Crippen molar-refractivity contribution in [3.8, 4) is 0 Å². The molecular formula is C19H19IN6O3. The molecule has 0 bridgehead atoms. The first-order chi connectivity index (χ1) is 13.8. The number of aryl methyl sites for hydroxylation is 1. The van der Waals surface area contributed by atoms with Crippen LogP contribution in [0.2, 0.25) is 0 Å². The largest absolute Gasteiger partial charge is 0.360 e. The lowest BCUT2D eigenvalue weighted by atomic mass is 10.0. The quantitative estimate of drug-likeness (QED) is 0.390. The van der Waals surface area contributed by atoms with E-state index in [0.29, 0.717) is 18.0 Å². The van der Waals surface area contributed by atoms with E-state index < -0.39 is 5.54 Å². The van der Waals surface area contributed by atoms with Crippen LogP contribution < -0.4 is 4.90 Å². The van der Waals surface area contributed by atoms with Crippen LogP contribution in [0.25, 0.3) is 0 Å².